The van der Waals surface area contributed by atoms with E-state index in [-0.39, 0.29) is 23.4 Å². The number of nitrogen functional groups attached to an aromatic ring is 1. The van der Waals surface area contributed by atoms with Crippen molar-refractivity contribution < 1.29 is 13.9 Å². The Morgan fingerprint density at radius 3 is 2.73 bits per heavy atom. The van der Waals surface area contributed by atoms with Crippen LogP contribution in [0.25, 0.3) is 28.5 Å². The van der Waals surface area contributed by atoms with Crippen LogP contribution in [0.5, 0.6) is 0 Å². The first-order valence-electron chi connectivity index (χ1n) is 11.1. The summed E-state index contributed by atoms with van der Waals surface area (Å²) < 4.78 is 12.9. The Bertz CT molecular complexity index is 1290. The average Bonchev–Trinajstić information content (AvgIpc) is 3.49. The molecule has 4 heterocycles. The second kappa shape index (κ2) is 8.74. The van der Waals surface area contributed by atoms with Crippen molar-refractivity contribution in [2.75, 3.05) is 12.8 Å². The zero-order chi connectivity index (χ0) is 22.9. The fourth-order valence-electron chi connectivity index (χ4n) is 4.52. The van der Waals surface area contributed by atoms with Gasteiger partial charge >= 0.3 is 0 Å². The highest BCUT2D eigenvalue weighted by molar-refractivity contribution is 5.99. The van der Waals surface area contributed by atoms with Crippen molar-refractivity contribution in [1.82, 2.24) is 24.3 Å². The molecule has 0 bridgehead atoms. The molecule has 33 heavy (non-hydrogen) atoms. The second-order valence-corrected chi connectivity index (χ2v) is 8.54. The van der Waals surface area contributed by atoms with Crippen LogP contribution in [-0.4, -0.2) is 43.3 Å². The lowest BCUT2D eigenvalue weighted by atomic mass is 9.84. The number of imidazole rings is 1. The molecule has 9 nitrogen and oxygen atoms in total. The third kappa shape index (κ3) is 4.11. The molecule has 9 heteroatoms. The maximum absolute atomic E-state index is 13.2. The monoisotopic (exact) mass is 446 g/mol. The molecule has 0 saturated heterocycles. The van der Waals surface area contributed by atoms with Crippen molar-refractivity contribution >= 4 is 17.2 Å². The number of fused-ring (bicyclic) bond motifs is 1. The highest BCUT2D eigenvalue weighted by Crippen LogP contribution is 2.33. The number of Topliss-reactive ketones (excluding diaryl/α,β-unsaturated/α-hetero) is 1. The molecule has 1 aliphatic rings. The molecular weight excluding hydrogens is 420 g/mol. The zero-order valence-corrected chi connectivity index (χ0v) is 18.7. The minimum absolute atomic E-state index is 0.0856. The number of carbonyl (C=O) groups excluding carboxylic acids is 1. The topological polar surface area (TPSA) is 121 Å². The summed E-state index contributed by atoms with van der Waals surface area (Å²) in [5, 5.41) is 0. The summed E-state index contributed by atoms with van der Waals surface area (Å²) in [5.41, 5.74) is 9.87. The van der Waals surface area contributed by atoms with Crippen molar-refractivity contribution in [3.8, 4) is 22.8 Å². The number of ether oxygens (including phenoxy) is 1. The number of hydrogen-bond donors (Lipinski definition) is 1. The van der Waals surface area contributed by atoms with Gasteiger partial charge in [-0.15, -0.1) is 0 Å². The smallest absolute Gasteiger partial charge is 0.247 e. The third-order valence-electron chi connectivity index (χ3n) is 6.39. The fraction of sp³-hybridized carbons (Fsp3) is 0.375. The van der Waals surface area contributed by atoms with Crippen LogP contribution in [0.1, 0.15) is 48.3 Å². The standard InChI is InChI=1S/C24H26N6O3/c1-14-12-27-19-8-5-16(13-30(14)19)20-22(24-26-9-10-33-24)29-23(25)21(28-20)18(31)11-15-3-6-17(32-2)7-4-15/h5,8-10,12-13,15,17H,3-4,6-7,11H2,1-2H3,(H2,25,29). The Morgan fingerprint density at radius 1 is 1.18 bits per heavy atom. The van der Waals surface area contributed by atoms with Crippen LogP contribution in [-0.2, 0) is 4.74 Å². The van der Waals surface area contributed by atoms with Crippen LogP contribution in [0.4, 0.5) is 5.82 Å². The van der Waals surface area contributed by atoms with E-state index < -0.39 is 0 Å². The first kappa shape index (κ1) is 21.3. The predicted octanol–water partition coefficient (Wildman–Crippen LogP) is 4.11. The Balaban J connectivity index is 1.53. The lowest BCUT2D eigenvalue weighted by molar-refractivity contribution is 0.0539. The Morgan fingerprint density at radius 2 is 2.00 bits per heavy atom. The van der Waals surface area contributed by atoms with Gasteiger partial charge in [-0.2, -0.15) is 0 Å². The Kier molecular flexibility index (Phi) is 5.63. The Labute approximate surface area is 191 Å². The summed E-state index contributed by atoms with van der Waals surface area (Å²) in [6, 6.07) is 3.80. The van der Waals surface area contributed by atoms with Crippen LogP contribution in [0.2, 0.25) is 0 Å². The van der Waals surface area contributed by atoms with Crippen LogP contribution < -0.4 is 5.73 Å². The molecule has 0 spiro atoms. The number of hydrogen-bond acceptors (Lipinski definition) is 8. The van der Waals surface area contributed by atoms with Crippen LogP contribution in [0, 0.1) is 12.8 Å². The molecular formula is C24H26N6O3. The van der Waals surface area contributed by atoms with Gasteiger partial charge in [-0.1, -0.05) is 0 Å². The van der Waals surface area contributed by atoms with E-state index in [4.69, 9.17) is 19.9 Å². The molecule has 0 radical (unpaired) electrons. The number of oxazole rings is 1. The number of nitrogens with two attached hydrogens (primary N) is 1. The van der Waals surface area contributed by atoms with Gasteiger partial charge in [0.1, 0.15) is 23.3 Å². The summed E-state index contributed by atoms with van der Waals surface area (Å²) in [4.78, 5) is 31.1. The minimum Gasteiger partial charge on any atom is -0.443 e. The lowest BCUT2D eigenvalue weighted by Crippen LogP contribution is -2.23. The van der Waals surface area contributed by atoms with Gasteiger partial charge in [0, 0.05) is 37.2 Å². The summed E-state index contributed by atoms with van der Waals surface area (Å²) >= 11 is 0. The number of pyridine rings is 1. The SMILES string of the molecule is COC1CCC(CC(=O)c2nc(-c3ccc4ncc(C)n4c3)c(-c3ncco3)nc2N)CC1. The number of nitrogens with zero attached hydrogens (tertiary/aromatic N) is 5. The lowest BCUT2D eigenvalue weighted by Gasteiger charge is -2.27. The van der Waals surface area contributed by atoms with Gasteiger partial charge in [-0.05, 0) is 50.7 Å². The van der Waals surface area contributed by atoms with E-state index in [1.54, 1.807) is 13.3 Å². The quantitative estimate of drug-likeness (QED) is 0.439. The molecule has 1 saturated carbocycles. The molecule has 4 aromatic heterocycles. The van der Waals surface area contributed by atoms with Gasteiger partial charge in [-0.3, -0.25) is 4.79 Å². The first-order valence-corrected chi connectivity index (χ1v) is 11.1. The van der Waals surface area contributed by atoms with E-state index in [2.05, 4.69) is 15.0 Å². The molecule has 1 fully saturated rings. The zero-order valence-electron chi connectivity index (χ0n) is 18.7. The molecule has 0 unspecified atom stereocenters. The predicted molar refractivity (Wildman–Crippen MR) is 123 cm³/mol. The average molecular weight is 447 g/mol. The van der Waals surface area contributed by atoms with E-state index >= 15 is 0 Å². The van der Waals surface area contributed by atoms with E-state index in [1.165, 1.54) is 12.5 Å². The second-order valence-electron chi connectivity index (χ2n) is 8.54. The summed E-state index contributed by atoms with van der Waals surface area (Å²) in [6.45, 7) is 1.97. The van der Waals surface area contributed by atoms with Gasteiger partial charge < -0.3 is 19.3 Å². The molecule has 1 aliphatic carbocycles. The number of ketones is 1. The number of methoxy groups -OCH3 is 1. The summed E-state index contributed by atoms with van der Waals surface area (Å²) in [6.07, 6.45) is 11.3. The summed E-state index contributed by atoms with van der Waals surface area (Å²) in [7, 11) is 1.74. The van der Waals surface area contributed by atoms with Crippen molar-refractivity contribution in [3.63, 3.8) is 0 Å². The maximum atomic E-state index is 13.2. The number of anilines is 1. The van der Waals surface area contributed by atoms with E-state index in [0.29, 0.717) is 29.6 Å². The molecule has 4 aromatic rings. The van der Waals surface area contributed by atoms with E-state index in [1.807, 2.05) is 29.7 Å². The molecule has 0 amide bonds. The van der Waals surface area contributed by atoms with Gasteiger partial charge in [0.15, 0.2) is 17.3 Å². The maximum Gasteiger partial charge on any atom is 0.247 e. The number of aromatic nitrogens is 5. The van der Waals surface area contributed by atoms with Crippen molar-refractivity contribution in [2.45, 2.75) is 45.1 Å². The number of carbonyl (C=O) groups is 1. The first-order chi connectivity index (χ1) is 16.0. The van der Waals surface area contributed by atoms with Crippen molar-refractivity contribution in [2.24, 2.45) is 5.92 Å². The van der Waals surface area contributed by atoms with E-state index in [9.17, 15) is 4.79 Å². The van der Waals surface area contributed by atoms with Crippen LogP contribution >= 0.6 is 0 Å². The molecule has 170 valence electrons. The van der Waals surface area contributed by atoms with Gasteiger partial charge in [-0.25, -0.2) is 19.9 Å². The number of aryl methyl sites for hydroxylation is 1. The van der Waals surface area contributed by atoms with Gasteiger partial charge in [0.2, 0.25) is 5.89 Å². The fourth-order valence-corrected chi connectivity index (χ4v) is 4.52. The normalized spacial score (nSPS) is 18.6. The molecule has 0 atom stereocenters. The third-order valence-corrected chi connectivity index (χ3v) is 6.39. The number of rotatable bonds is 6. The highest BCUT2D eigenvalue weighted by atomic mass is 16.5. The molecule has 2 N–H and O–H groups in total. The molecule has 0 aliphatic heterocycles. The van der Waals surface area contributed by atoms with Crippen molar-refractivity contribution in [3.05, 3.63) is 48.4 Å². The molecule has 5 rings (SSSR count). The van der Waals surface area contributed by atoms with E-state index in [0.717, 1.165) is 42.6 Å². The Hall–Kier alpha value is -3.59. The van der Waals surface area contributed by atoms with Gasteiger partial charge in [0.05, 0.1) is 12.3 Å². The largest absolute Gasteiger partial charge is 0.443 e. The van der Waals surface area contributed by atoms with Gasteiger partial charge in [0.25, 0.3) is 0 Å². The minimum atomic E-state index is -0.0963. The van der Waals surface area contributed by atoms with Crippen LogP contribution in [0.3, 0.4) is 0 Å². The summed E-state index contributed by atoms with van der Waals surface area (Å²) in [5.74, 6) is 0.580. The van der Waals surface area contributed by atoms with Crippen molar-refractivity contribution in [1.29, 1.82) is 0 Å². The highest BCUT2D eigenvalue weighted by Gasteiger charge is 2.27. The van der Waals surface area contributed by atoms with Crippen LogP contribution in [0.15, 0.2) is 41.4 Å². The molecule has 0 aromatic carbocycles.